The van der Waals surface area contributed by atoms with Gasteiger partial charge in [-0.25, -0.2) is 4.98 Å². The summed E-state index contributed by atoms with van der Waals surface area (Å²) in [6.07, 6.45) is 0.457. The van der Waals surface area contributed by atoms with Gasteiger partial charge in [0.2, 0.25) is 0 Å². The molecule has 4 aromatic rings. The molecule has 0 bridgehead atoms. The number of aromatic hydroxyl groups is 1. The zero-order valence-electron chi connectivity index (χ0n) is 15.4. The van der Waals surface area contributed by atoms with Crippen molar-refractivity contribution < 1.29 is 9.90 Å². The van der Waals surface area contributed by atoms with Crippen molar-refractivity contribution in [1.82, 2.24) is 14.9 Å². The second-order valence-electron chi connectivity index (χ2n) is 6.97. The molecule has 2 heterocycles. The number of carbonyl (C=O) groups excluding carboxylic acids is 1. The monoisotopic (exact) mass is 359 g/mol. The van der Waals surface area contributed by atoms with Crippen molar-refractivity contribution in [1.29, 1.82) is 0 Å². The molecule has 0 spiro atoms. The summed E-state index contributed by atoms with van der Waals surface area (Å²) in [5.74, 6) is 0.148. The van der Waals surface area contributed by atoms with Crippen molar-refractivity contribution in [2.75, 3.05) is 20.6 Å². The van der Waals surface area contributed by atoms with Crippen molar-refractivity contribution in [2.45, 2.75) is 6.42 Å². The average molecular weight is 359 g/mol. The fourth-order valence-corrected chi connectivity index (χ4v) is 3.29. The van der Waals surface area contributed by atoms with Gasteiger partial charge in [0.1, 0.15) is 0 Å². The Bertz CT molecular complexity index is 1140. The highest BCUT2D eigenvalue weighted by molar-refractivity contribution is 6.05. The Morgan fingerprint density at radius 1 is 1.11 bits per heavy atom. The maximum atomic E-state index is 12.5. The molecule has 0 saturated heterocycles. The van der Waals surface area contributed by atoms with Crippen molar-refractivity contribution in [3.63, 3.8) is 0 Å². The molecule has 0 saturated carbocycles. The van der Waals surface area contributed by atoms with Gasteiger partial charge in [-0.1, -0.05) is 24.3 Å². The fourth-order valence-electron chi connectivity index (χ4n) is 3.29. The zero-order chi connectivity index (χ0) is 19.0. The molecule has 2 aromatic carbocycles. The zero-order valence-corrected chi connectivity index (χ0v) is 15.4. The summed E-state index contributed by atoms with van der Waals surface area (Å²) in [4.78, 5) is 22.2. The molecule has 0 unspecified atom stereocenters. The molecule has 5 heteroatoms. The van der Waals surface area contributed by atoms with Gasteiger partial charge in [0, 0.05) is 34.8 Å². The van der Waals surface area contributed by atoms with Crippen LogP contribution in [0, 0.1) is 0 Å². The first-order valence-electron chi connectivity index (χ1n) is 8.92. The van der Waals surface area contributed by atoms with Crippen LogP contribution in [0.4, 0.5) is 0 Å². The van der Waals surface area contributed by atoms with Crippen molar-refractivity contribution in [2.24, 2.45) is 0 Å². The Labute approximate surface area is 157 Å². The lowest BCUT2D eigenvalue weighted by atomic mass is 10.0. The summed E-state index contributed by atoms with van der Waals surface area (Å²) in [6.45, 7) is 0.703. The Morgan fingerprint density at radius 3 is 2.74 bits per heavy atom. The lowest BCUT2D eigenvalue weighted by Crippen LogP contribution is -2.16. The normalized spacial score (nSPS) is 11.5. The molecule has 5 nitrogen and oxygen atoms in total. The third-order valence-corrected chi connectivity index (χ3v) is 4.74. The van der Waals surface area contributed by atoms with Gasteiger partial charge in [0.15, 0.2) is 11.7 Å². The van der Waals surface area contributed by atoms with E-state index < -0.39 is 0 Å². The van der Waals surface area contributed by atoms with Crippen LogP contribution in [0.15, 0.2) is 54.6 Å². The number of aromatic nitrogens is 2. The van der Waals surface area contributed by atoms with Crippen LogP contribution in [0.5, 0.6) is 5.88 Å². The van der Waals surface area contributed by atoms with E-state index in [9.17, 15) is 9.90 Å². The van der Waals surface area contributed by atoms with Gasteiger partial charge < -0.3 is 15.0 Å². The average Bonchev–Trinajstić information content (AvgIpc) is 3.00. The highest BCUT2D eigenvalue weighted by atomic mass is 16.3. The Balaban J connectivity index is 1.80. The van der Waals surface area contributed by atoms with Crippen molar-refractivity contribution in [3.05, 3.63) is 60.2 Å². The highest BCUT2D eigenvalue weighted by Crippen LogP contribution is 2.36. The second-order valence-corrected chi connectivity index (χ2v) is 6.97. The maximum Gasteiger partial charge on any atom is 0.199 e. The molecule has 0 aliphatic heterocycles. The first-order valence-corrected chi connectivity index (χ1v) is 8.92. The summed E-state index contributed by atoms with van der Waals surface area (Å²) in [6, 6.07) is 17.2. The number of pyridine rings is 1. The second kappa shape index (κ2) is 6.85. The van der Waals surface area contributed by atoms with E-state index >= 15 is 0 Å². The van der Waals surface area contributed by atoms with Crippen LogP contribution in [0.1, 0.15) is 16.8 Å². The van der Waals surface area contributed by atoms with E-state index in [1.807, 2.05) is 67.5 Å². The molecule has 136 valence electrons. The fraction of sp³-hybridized carbons (Fsp3) is 0.182. The standard InChI is InChI=1S/C22H21N3O2/c1-25(2)12-11-20(26)15-8-9-18-16(13-15)21(22(27)24-18)19-10-7-14-5-3-4-6-17(14)23-19/h3-10,13,24,27H,11-12H2,1-2H3. The number of H-pyrrole nitrogens is 1. The van der Waals surface area contributed by atoms with Gasteiger partial charge in [-0.2, -0.15) is 0 Å². The molecule has 0 fully saturated rings. The van der Waals surface area contributed by atoms with E-state index in [2.05, 4.69) is 4.98 Å². The first-order chi connectivity index (χ1) is 13.0. The number of rotatable bonds is 5. The first kappa shape index (κ1) is 17.2. The third kappa shape index (κ3) is 3.29. The van der Waals surface area contributed by atoms with E-state index in [-0.39, 0.29) is 11.7 Å². The molecule has 0 radical (unpaired) electrons. The lowest BCUT2D eigenvalue weighted by molar-refractivity contribution is 0.0972. The number of hydrogen-bond acceptors (Lipinski definition) is 4. The van der Waals surface area contributed by atoms with Gasteiger partial charge in [-0.15, -0.1) is 0 Å². The number of Topliss-reactive ketones (excluding diaryl/α,β-unsaturated/α-hetero) is 1. The number of nitrogens with one attached hydrogen (secondary N) is 1. The van der Waals surface area contributed by atoms with Crippen LogP contribution in [0.3, 0.4) is 0 Å². The molecule has 2 N–H and O–H groups in total. The largest absolute Gasteiger partial charge is 0.494 e. The van der Waals surface area contributed by atoms with E-state index in [0.717, 1.165) is 21.8 Å². The molecular weight excluding hydrogens is 338 g/mol. The Morgan fingerprint density at radius 2 is 1.93 bits per heavy atom. The molecule has 2 aromatic heterocycles. The van der Waals surface area contributed by atoms with Gasteiger partial charge >= 0.3 is 0 Å². The summed E-state index contributed by atoms with van der Waals surface area (Å²) >= 11 is 0. The van der Waals surface area contributed by atoms with Crippen LogP contribution >= 0.6 is 0 Å². The van der Waals surface area contributed by atoms with Gasteiger partial charge in [-0.3, -0.25) is 4.79 Å². The predicted octanol–water partition coefficient (Wildman–Crippen LogP) is 4.22. The molecular formula is C22H21N3O2. The number of nitrogens with zero attached hydrogens (tertiary/aromatic N) is 2. The molecule has 0 aliphatic rings. The summed E-state index contributed by atoms with van der Waals surface area (Å²) in [5.41, 5.74) is 3.59. The number of benzene rings is 2. The van der Waals surface area contributed by atoms with Gasteiger partial charge in [0.05, 0.1) is 16.8 Å². The van der Waals surface area contributed by atoms with Gasteiger partial charge in [-0.05, 0) is 44.4 Å². The Hall–Kier alpha value is -3.18. The minimum atomic E-state index is 0.0608. The number of ketones is 1. The Kier molecular flexibility index (Phi) is 4.38. The summed E-state index contributed by atoms with van der Waals surface area (Å²) in [7, 11) is 3.90. The topological polar surface area (TPSA) is 69.2 Å². The van der Waals surface area contributed by atoms with Crippen molar-refractivity contribution >= 4 is 27.6 Å². The summed E-state index contributed by atoms with van der Waals surface area (Å²) in [5, 5.41) is 12.3. The SMILES string of the molecule is CN(C)CCC(=O)c1ccc2[nH]c(O)c(-c3ccc4ccccc4n3)c2c1. The van der Waals surface area contributed by atoms with Gasteiger partial charge in [0.25, 0.3) is 0 Å². The molecule has 0 amide bonds. The highest BCUT2D eigenvalue weighted by Gasteiger charge is 2.17. The number of para-hydroxylation sites is 1. The minimum absolute atomic E-state index is 0.0608. The number of aromatic amines is 1. The van der Waals surface area contributed by atoms with E-state index in [1.165, 1.54) is 0 Å². The quantitative estimate of drug-likeness (QED) is 0.523. The van der Waals surface area contributed by atoms with Crippen LogP contribution < -0.4 is 0 Å². The van der Waals surface area contributed by atoms with Crippen LogP contribution in [0.25, 0.3) is 33.1 Å². The number of hydrogen-bond donors (Lipinski definition) is 2. The molecule has 27 heavy (non-hydrogen) atoms. The van der Waals surface area contributed by atoms with E-state index in [4.69, 9.17) is 4.98 Å². The van der Waals surface area contributed by atoms with Crippen molar-refractivity contribution in [3.8, 4) is 17.1 Å². The number of carbonyl (C=O) groups is 1. The van der Waals surface area contributed by atoms with Crippen LogP contribution in [-0.4, -0.2) is 46.4 Å². The van der Waals surface area contributed by atoms with Crippen LogP contribution in [0.2, 0.25) is 0 Å². The predicted molar refractivity (Wildman–Crippen MR) is 108 cm³/mol. The van der Waals surface area contributed by atoms with Crippen LogP contribution in [-0.2, 0) is 0 Å². The molecule has 0 aliphatic carbocycles. The third-order valence-electron chi connectivity index (χ3n) is 4.74. The van der Waals surface area contributed by atoms with E-state index in [0.29, 0.717) is 29.8 Å². The van der Waals surface area contributed by atoms with E-state index in [1.54, 1.807) is 6.07 Å². The maximum absolute atomic E-state index is 12.5. The molecule has 4 rings (SSSR count). The minimum Gasteiger partial charge on any atom is -0.494 e. The summed E-state index contributed by atoms with van der Waals surface area (Å²) < 4.78 is 0. The smallest absolute Gasteiger partial charge is 0.199 e. The number of fused-ring (bicyclic) bond motifs is 2. The molecule has 0 atom stereocenters. The lowest BCUT2D eigenvalue weighted by Gasteiger charge is -2.08.